The number of methoxy groups -OCH3 is 1. The summed E-state index contributed by atoms with van der Waals surface area (Å²) in [5, 5.41) is 0. The van der Waals surface area contributed by atoms with Crippen molar-refractivity contribution >= 4 is 17.3 Å². The topological polar surface area (TPSA) is 58.8 Å². The number of ether oxygens (including phenoxy) is 1. The number of rotatable bonds is 2. The van der Waals surface area contributed by atoms with Crippen LogP contribution in [0.2, 0.25) is 0 Å². The van der Waals surface area contributed by atoms with E-state index in [4.69, 9.17) is 10.5 Å². The van der Waals surface area contributed by atoms with Gasteiger partial charge in [0, 0.05) is 36.5 Å². The van der Waals surface area contributed by atoms with E-state index in [1.165, 1.54) is 13.5 Å². The second kappa shape index (κ2) is 4.42. The van der Waals surface area contributed by atoms with Gasteiger partial charge in [0.05, 0.1) is 12.7 Å². The zero-order valence-corrected chi connectivity index (χ0v) is 11.3. The molecule has 2 saturated heterocycles. The molecule has 2 heterocycles. The van der Waals surface area contributed by atoms with Crippen molar-refractivity contribution in [2.45, 2.75) is 18.5 Å². The van der Waals surface area contributed by atoms with Crippen LogP contribution in [0.5, 0.6) is 0 Å². The normalized spacial score (nSPS) is 25.9. The standard InChI is InChI=1S/C14H19N3O2/c1-16-7-11-5-10(16)8-17(11)9-3-4-13(15)12(6-9)14(18)19-2/h3-4,6,10-11H,5,7-8,15H2,1-2H3/t10-,11-/m0/s1. The van der Waals surface area contributed by atoms with Crippen LogP contribution in [0.25, 0.3) is 0 Å². The van der Waals surface area contributed by atoms with Crippen molar-refractivity contribution in [1.29, 1.82) is 0 Å². The minimum Gasteiger partial charge on any atom is -0.465 e. The van der Waals surface area contributed by atoms with Crippen LogP contribution in [0.3, 0.4) is 0 Å². The lowest BCUT2D eigenvalue weighted by Crippen LogP contribution is -2.44. The highest BCUT2D eigenvalue weighted by atomic mass is 16.5. The zero-order valence-electron chi connectivity index (χ0n) is 11.3. The van der Waals surface area contributed by atoms with Gasteiger partial charge in [0.25, 0.3) is 0 Å². The number of hydrogen-bond acceptors (Lipinski definition) is 5. The first-order valence-electron chi connectivity index (χ1n) is 6.55. The van der Waals surface area contributed by atoms with Crippen LogP contribution in [-0.2, 0) is 4.74 Å². The Morgan fingerprint density at radius 3 is 2.74 bits per heavy atom. The molecule has 0 spiro atoms. The van der Waals surface area contributed by atoms with Gasteiger partial charge in [-0.3, -0.25) is 4.90 Å². The number of nitrogens with two attached hydrogens (primary N) is 1. The van der Waals surface area contributed by atoms with Gasteiger partial charge in [-0.15, -0.1) is 0 Å². The molecule has 102 valence electrons. The molecule has 1 aromatic rings. The van der Waals surface area contributed by atoms with E-state index < -0.39 is 0 Å². The Balaban J connectivity index is 1.89. The van der Waals surface area contributed by atoms with Crippen LogP contribution < -0.4 is 10.6 Å². The summed E-state index contributed by atoms with van der Waals surface area (Å²) in [6.07, 6.45) is 1.20. The maximum absolute atomic E-state index is 11.7. The molecule has 0 unspecified atom stereocenters. The number of benzene rings is 1. The molecule has 0 aromatic heterocycles. The number of esters is 1. The Labute approximate surface area is 112 Å². The smallest absolute Gasteiger partial charge is 0.340 e. The Hall–Kier alpha value is -1.75. The summed E-state index contributed by atoms with van der Waals surface area (Å²) < 4.78 is 4.77. The maximum Gasteiger partial charge on any atom is 0.340 e. The number of nitrogens with zero attached hydrogens (tertiary/aromatic N) is 2. The van der Waals surface area contributed by atoms with Crippen molar-refractivity contribution in [2.24, 2.45) is 0 Å². The predicted molar refractivity (Wildman–Crippen MR) is 74.4 cm³/mol. The van der Waals surface area contributed by atoms with Crippen LogP contribution in [-0.4, -0.2) is 50.2 Å². The third-order valence-corrected chi connectivity index (χ3v) is 4.29. The van der Waals surface area contributed by atoms with E-state index in [1.54, 1.807) is 6.07 Å². The van der Waals surface area contributed by atoms with E-state index >= 15 is 0 Å². The number of carbonyl (C=O) groups excluding carboxylic acids is 1. The first-order chi connectivity index (χ1) is 9.10. The molecule has 0 saturated carbocycles. The molecule has 2 aliphatic rings. The first kappa shape index (κ1) is 12.3. The molecule has 3 rings (SSSR count). The van der Waals surface area contributed by atoms with Crippen molar-refractivity contribution in [3.05, 3.63) is 23.8 Å². The zero-order chi connectivity index (χ0) is 13.6. The van der Waals surface area contributed by atoms with Gasteiger partial charge in [-0.2, -0.15) is 0 Å². The summed E-state index contributed by atoms with van der Waals surface area (Å²) in [5.41, 5.74) is 7.82. The third-order valence-electron chi connectivity index (χ3n) is 4.29. The quantitative estimate of drug-likeness (QED) is 0.634. The Morgan fingerprint density at radius 2 is 2.16 bits per heavy atom. The lowest BCUT2D eigenvalue weighted by molar-refractivity contribution is 0.0602. The average molecular weight is 261 g/mol. The lowest BCUT2D eigenvalue weighted by Gasteiger charge is -2.33. The Bertz CT molecular complexity index is 515. The molecule has 5 nitrogen and oxygen atoms in total. The lowest BCUT2D eigenvalue weighted by atomic mass is 10.1. The highest BCUT2D eigenvalue weighted by Gasteiger charge is 2.41. The highest BCUT2D eigenvalue weighted by Crippen LogP contribution is 2.34. The van der Waals surface area contributed by atoms with Crippen LogP contribution >= 0.6 is 0 Å². The van der Waals surface area contributed by atoms with Gasteiger partial charge < -0.3 is 15.4 Å². The molecule has 2 aliphatic heterocycles. The van der Waals surface area contributed by atoms with Crippen molar-refractivity contribution in [1.82, 2.24) is 4.90 Å². The monoisotopic (exact) mass is 261 g/mol. The molecular formula is C14H19N3O2. The minimum atomic E-state index is -0.374. The van der Waals surface area contributed by atoms with Gasteiger partial charge in [0.15, 0.2) is 0 Å². The van der Waals surface area contributed by atoms with Gasteiger partial charge in [-0.05, 0) is 31.7 Å². The number of fused-ring (bicyclic) bond motifs is 2. The molecule has 0 amide bonds. The fraction of sp³-hybridized carbons (Fsp3) is 0.500. The van der Waals surface area contributed by atoms with E-state index in [9.17, 15) is 4.79 Å². The van der Waals surface area contributed by atoms with Crippen molar-refractivity contribution < 1.29 is 9.53 Å². The molecule has 2 bridgehead atoms. The SMILES string of the molecule is COC(=O)c1cc(N2C[C@@H]3C[C@H]2CN3C)ccc1N. The van der Waals surface area contributed by atoms with Crippen LogP contribution in [0.1, 0.15) is 16.8 Å². The van der Waals surface area contributed by atoms with Gasteiger partial charge in [-0.25, -0.2) is 4.79 Å². The molecule has 2 fully saturated rings. The molecule has 2 atom stereocenters. The van der Waals surface area contributed by atoms with E-state index in [2.05, 4.69) is 16.8 Å². The number of carbonyl (C=O) groups is 1. The molecule has 5 heteroatoms. The van der Waals surface area contributed by atoms with E-state index in [1.807, 2.05) is 12.1 Å². The number of hydrogen-bond donors (Lipinski definition) is 1. The minimum absolute atomic E-state index is 0.374. The van der Waals surface area contributed by atoms with Crippen LogP contribution in [0.4, 0.5) is 11.4 Å². The molecule has 0 aliphatic carbocycles. The maximum atomic E-state index is 11.7. The average Bonchev–Trinajstić information content (AvgIpc) is 2.97. The van der Waals surface area contributed by atoms with Crippen molar-refractivity contribution in [2.75, 3.05) is 37.9 Å². The van der Waals surface area contributed by atoms with E-state index in [0.29, 0.717) is 23.3 Å². The van der Waals surface area contributed by atoms with Gasteiger partial charge in [0.2, 0.25) is 0 Å². The first-order valence-corrected chi connectivity index (χ1v) is 6.55. The van der Waals surface area contributed by atoms with Crippen LogP contribution in [0, 0.1) is 0 Å². The summed E-state index contributed by atoms with van der Waals surface area (Å²) in [6, 6.07) is 6.80. The Kier molecular flexibility index (Phi) is 2.86. The number of likely N-dealkylation sites (tertiary alicyclic amines) is 1. The fourth-order valence-corrected chi connectivity index (χ4v) is 3.19. The summed E-state index contributed by atoms with van der Waals surface area (Å²) in [4.78, 5) is 16.5. The summed E-state index contributed by atoms with van der Waals surface area (Å²) >= 11 is 0. The predicted octanol–water partition coefficient (Wildman–Crippen LogP) is 0.948. The fourth-order valence-electron chi connectivity index (χ4n) is 3.19. The number of piperazine rings is 1. The third kappa shape index (κ3) is 1.94. The molecule has 0 radical (unpaired) electrons. The largest absolute Gasteiger partial charge is 0.465 e. The highest BCUT2D eigenvalue weighted by molar-refractivity contribution is 5.96. The molecular weight excluding hydrogens is 242 g/mol. The van der Waals surface area contributed by atoms with Crippen molar-refractivity contribution in [3.63, 3.8) is 0 Å². The van der Waals surface area contributed by atoms with Crippen LogP contribution in [0.15, 0.2) is 18.2 Å². The van der Waals surface area contributed by atoms with Crippen molar-refractivity contribution in [3.8, 4) is 0 Å². The van der Waals surface area contributed by atoms with E-state index in [0.717, 1.165) is 18.8 Å². The number of anilines is 2. The molecule has 2 N–H and O–H groups in total. The van der Waals surface area contributed by atoms with Gasteiger partial charge >= 0.3 is 5.97 Å². The summed E-state index contributed by atoms with van der Waals surface area (Å²) in [5.74, 6) is -0.374. The summed E-state index contributed by atoms with van der Waals surface area (Å²) in [6.45, 7) is 2.11. The van der Waals surface area contributed by atoms with Gasteiger partial charge in [-0.1, -0.05) is 0 Å². The number of nitrogen functional groups attached to an aromatic ring is 1. The summed E-state index contributed by atoms with van der Waals surface area (Å²) in [7, 11) is 3.55. The second-order valence-corrected chi connectivity index (χ2v) is 5.40. The second-order valence-electron chi connectivity index (χ2n) is 5.40. The Morgan fingerprint density at radius 1 is 1.37 bits per heavy atom. The van der Waals surface area contributed by atoms with Gasteiger partial charge in [0.1, 0.15) is 0 Å². The molecule has 19 heavy (non-hydrogen) atoms. The molecule has 1 aromatic carbocycles. The number of likely N-dealkylation sites (N-methyl/N-ethyl adjacent to an activating group) is 1. The van der Waals surface area contributed by atoms with E-state index in [-0.39, 0.29) is 5.97 Å².